The van der Waals surface area contributed by atoms with E-state index in [0.717, 1.165) is 20.8 Å². The predicted molar refractivity (Wildman–Crippen MR) is 149 cm³/mol. The van der Waals surface area contributed by atoms with Crippen LogP contribution in [0.3, 0.4) is 0 Å². The first-order valence-electron chi connectivity index (χ1n) is 12.4. The molecule has 0 bridgehead atoms. The molecular weight excluding hydrogens is 538 g/mol. The maximum absolute atomic E-state index is 14.2. The Bertz CT molecular complexity index is 1650. The minimum Gasteiger partial charge on any atom is -0.464 e. The molecule has 2 heterocycles. The van der Waals surface area contributed by atoms with Crippen molar-refractivity contribution >= 4 is 44.1 Å². The fourth-order valence-electron chi connectivity index (χ4n) is 4.84. The van der Waals surface area contributed by atoms with E-state index < -0.39 is 27.3 Å². The number of hydrogen-bond acceptors (Lipinski definition) is 7. The number of ether oxygens (including phenoxy) is 1. The van der Waals surface area contributed by atoms with Crippen LogP contribution in [0.25, 0.3) is 21.9 Å². The number of esters is 1. The molecule has 1 aliphatic heterocycles. The molecule has 200 valence electrons. The third-order valence-corrected chi connectivity index (χ3v) is 8.97. The third-order valence-electron chi connectivity index (χ3n) is 6.81. The van der Waals surface area contributed by atoms with Crippen LogP contribution in [-0.4, -0.2) is 61.2 Å². The van der Waals surface area contributed by atoms with E-state index in [0.29, 0.717) is 10.4 Å². The van der Waals surface area contributed by atoms with E-state index >= 15 is 0 Å². The van der Waals surface area contributed by atoms with Crippen molar-refractivity contribution in [1.82, 2.24) is 14.6 Å². The van der Waals surface area contributed by atoms with Gasteiger partial charge in [0.25, 0.3) is 0 Å². The molecule has 1 aliphatic rings. The number of hydrogen-bond donors (Lipinski definition) is 1. The Morgan fingerprint density at radius 2 is 1.64 bits per heavy atom. The number of halogens is 1. The molecule has 1 fully saturated rings. The smallest absolute Gasteiger partial charge is 0.337 e. The maximum Gasteiger partial charge on any atom is 0.337 e. The van der Waals surface area contributed by atoms with E-state index in [2.05, 4.69) is 10.3 Å². The Morgan fingerprint density at radius 3 is 2.36 bits per heavy atom. The highest BCUT2D eigenvalue weighted by atomic mass is 35.5. The molecule has 1 N–H and O–H groups in total. The minimum atomic E-state index is -4.31. The zero-order chi connectivity index (χ0) is 27.6. The predicted octanol–water partition coefficient (Wildman–Crippen LogP) is 4.33. The molecule has 0 amide bonds. The molecule has 39 heavy (non-hydrogen) atoms. The maximum atomic E-state index is 14.2. The van der Waals surface area contributed by atoms with Crippen molar-refractivity contribution in [3.05, 3.63) is 95.8 Å². The van der Waals surface area contributed by atoms with Gasteiger partial charge in [-0.05, 0) is 65.2 Å². The van der Waals surface area contributed by atoms with Gasteiger partial charge in [-0.15, -0.1) is 0 Å². The number of nitrogens with zero attached hydrogens (tertiary/aromatic N) is 2. The van der Waals surface area contributed by atoms with Crippen LogP contribution < -0.4 is 5.32 Å². The summed E-state index contributed by atoms with van der Waals surface area (Å²) in [7, 11) is -4.31. The van der Waals surface area contributed by atoms with Gasteiger partial charge in [-0.25, -0.2) is 13.2 Å². The highest BCUT2D eigenvalue weighted by molar-refractivity contribution is 7.89. The van der Waals surface area contributed by atoms with Crippen molar-refractivity contribution in [1.29, 1.82) is 0 Å². The average molecular weight is 564 g/mol. The van der Waals surface area contributed by atoms with E-state index in [1.807, 2.05) is 12.1 Å². The van der Waals surface area contributed by atoms with Crippen LogP contribution in [0.15, 0.2) is 90.1 Å². The van der Waals surface area contributed by atoms with Gasteiger partial charge < -0.3 is 10.1 Å². The van der Waals surface area contributed by atoms with Gasteiger partial charge in [0.2, 0.25) is 15.6 Å². The summed E-state index contributed by atoms with van der Waals surface area (Å²) >= 11 is 6.08. The molecule has 1 unspecified atom stereocenters. The lowest BCUT2D eigenvalue weighted by Gasteiger charge is -2.42. The highest BCUT2D eigenvalue weighted by Gasteiger charge is 2.58. The van der Waals surface area contributed by atoms with Gasteiger partial charge in [-0.1, -0.05) is 48.0 Å². The summed E-state index contributed by atoms with van der Waals surface area (Å²) in [5.74, 6) is -1.58. The molecule has 8 nitrogen and oxygen atoms in total. The molecule has 1 aromatic heterocycles. The van der Waals surface area contributed by atoms with Crippen molar-refractivity contribution in [2.24, 2.45) is 0 Å². The summed E-state index contributed by atoms with van der Waals surface area (Å²) in [6, 6.07) is 20.2. The monoisotopic (exact) mass is 563 g/mol. The van der Waals surface area contributed by atoms with Crippen LogP contribution in [0.1, 0.15) is 17.3 Å². The zero-order valence-electron chi connectivity index (χ0n) is 21.1. The van der Waals surface area contributed by atoms with Gasteiger partial charge in [0.05, 0.1) is 11.5 Å². The van der Waals surface area contributed by atoms with E-state index in [1.165, 1.54) is 12.1 Å². The van der Waals surface area contributed by atoms with Crippen LogP contribution in [0.5, 0.6) is 0 Å². The Morgan fingerprint density at radius 1 is 0.974 bits per heavy atom. The van der Waals surface area contributed by atoms with Crippen molar-refractivity contribution < 1.29 is 22.7 Å². The number of carbonyl (C=O) groups is 2. The summed E-state index contributed by atoms with van der Waals surface area (Å²) in [6.07, 6.45) is 3.34. The molecule has 0 radical (unpaired) electrons. The number of rotatable bonds is 7. The normalized spacial score (nSPS) is 18.1. The highest BCUT2D eigenvalue weighted by Crippen LogP contribution is 2.33. The van der Waals surface area contributed by atoms with Crippen LogP contribution >= 0.6 is 11.6 Å². The van der Waals surface area contributed by atoms with Crippen LogP contribution in [0.4, 0.5) is 0 Å². The molecule has 0 aliphatic carbocycles. The van der Waals surface area contributed by atoms with Crippen LogP contribution in [-0.2, 0) is 19.6 Å². The van der Waals surface area contributed by atoms with Crippen LogP contribution in [0.2, 0.25) is 5.02 Å². The molecule has 0 spiro atoms. The number of pyridine rings is 1. The van der Waals surface area contributed by atoms with E-state index in [1.54, 1.807) is 67.8 Å². The Kier molecular flexibility index (Phi) is 7.51. The molecule has 1 atom stereocenters. The fraction of sp³-hybridized carbons (Fsp3) is 0.207. The van der Waals surface area contributed by atoms with E-state index in [9.17, 15) is 18.0 Å². The zero-order valence-corrected chi connectivity index (χ0v) is 22.7. The lowest BCUT2D eigenvalue weighted by Crippen LogP contribution is -2.71. The SMILES string of the molecule is CCOC(=O)C1(C(=O)c2ccc(-c3ccncc3)cc2)CNCCN1S(=O)(=O)c1ccc2cc(Cl)ccc2c1. The summed E-state index contributed by atoms with van der Waals surface area (Å²) in [5, 5.41) is 5.00. The first-order valence-corrected chi connectivity index (χ1v) is 14.2. The Labute approximate surface area is 231 Å². The molecule has 4 aromatic rings. The number of sulfonamides is 1. The van der Waals surface area contributed by atoms with E-state index in [-0.39, 0.29) is 36.7 Å². The third kappa shape index (κ3) is 4.94. The number of Topliss-reactive ketones (excluding diaryl/α,β-unsaturated/α-hetero) is 1. The summed E-state index contributed by atoms with van der Waals surface area (Å²) in [4.78, 5) is 31.7. The van der Waals surface area contributed by atoms with Gasteiger partial charge in [-0.2, -0.15) is 4.31 Å². The largest absolute Gasteiger partial charge is 0.464 e. The molecule has 3 aromatic carbocycles. The number of aromatic nitrogens is 1. The Balaban J connectivity index is 1.59. The van der Waals surface area contributed by atoms with Gasteiger partial charge in [-0.3, -0.25) is 9.78 Å². The minimum absolute atomic E-state index is 0.0144. The standard InChI is InChI=1S/C29H26ClN3O5S/c1-2-38-28(35)29(27(34)22-5-3-20(4-6-22)21-11-13-31-14-12-21)19-32-15-16-33(29)39(36,37)26-10-8-23-17-25(30)9-7-24(23)18-26/h3-14,17-18,32H,2,15-16,19H2,1H3. The first-order chi connectivity index (χ1) is 18.8. The topological polar surface area (TPSA) is 106 Å². The number of benzene rings is 3. The molecule has 0 saturated carbocycles. The number of fused-ring (bicyclic) bond motifs is 1. The van der Waals surface area contributed by atoms with Crippen molar-refractivity contribution in [3.63, 3.8) is 0 Å². The number of piperazine rings is 1. The van der Waals surface area contributed by atoms with Gasteiger partial charge >= 0.3 is 5.97 Å². The fourth-order valence-corrected chi connectivity index (χ4v) is 6.76. The lowest BCUT2D eigenvalue weighted by atomic mass is 9.87. The first kappa shape index (κ1) is 27.0. The summed E-state index contributed by atoms with van der Waals surface area (Å²) in [6.45, 7) is 1.54. The molecular formula is C29H26ClN3O5S. The molecule has 5 rings (SSSR count). The van der Waals surface area contributed by atoms with Gasteiger partial charge in [0, 0.05) is 42.6 Å². The van der Waals surface area contributed by atoms with Gasteiger partial charge in [0.15, 0.2) is 5.78 Å². The number of ketones is 1. The number of carbonyl (C=O) groups excluding carboxylic acids is 2. The molecule has 10 heteroatoms. The molecule has 1 saturated heterocycles. The average Bonchev–Trinajstić information content (AvgIpc) is 2.97. The lowest BCUT2D eigenvalue weighted by molar-refractivity contribution is -0.152. The summed E-state index contributed by atoms with van der Waals surface area (Å²) < 4.78 is 34.5. The van der Waals surface area contributed by atoms with Crippen molar-refractivity contribution in [2.75, 3.05) is 26.2 Å². The second-order valence-electron chi connectivity index (χ2n) is 9.13. The van der Waals surface area contributed by atoms with Crippen molar-refractivity contribution in [3.8, 4) is 11.1 Å². The second-order valence-corrected chi connectivity index (χ2v) is 11.4. The number of nitrogens with one attached hydrogen (secondary N) is 1. The quantitative estimate of drug-likeness (QED) is 0.203. The van der Waals surface area contributed by atoms with Crippen LogP contribution in [0, 0.1) is 0 Å². The summed E-state index contributed by atoms with van der Waals surface area (Å²) in [5.41, 5.74) is -0.176. The van der Waals surface area contributed by atoms with Crippen molar-refractivity contribution in [2.45, 2.75) is 17.4 Å². The Hall–Kier alpha value is -3.63. The van der Waals surface area contributed by atoms with E-state index in [4.69, 9.17) is 16.3 Å². The second kappa shape index (κ2) is 10.9. The van der Waals surface area contributed by atoms with Gasteiger partial charge in [0.1, 0.15) is 0 Å².